The highest BCUT2D eigenvalue weighted by Gasteiger charge is 2.31. The predicted octanol–water partition coefficient (Wildman–Crippen LogP) is 3.96. The van der Waals surface area contributed by atoms with Gasteiger partial charge in [-0.3, -0.25) is 4.79 Å². The van der Waals surface area contributed by atoms with Gasteiger partial charge in [-0.2, -0.15) is 0 Å². The Morgan fingerprint density at radius 3 is 2.33 bits per heavy atom. The topological polar surface area (TPSA) is 26.3 Å². The molecular formula is C13H13F3O2. The molecule has 1 aliphatic carbocycles. The van der Waals surface area contributed by atoms with Crippen LogP contribution in [0.5, 0.6) is 5.75 Å². The molecule has 0 spiro atoms. The Balaban J connectivity index is 1.91. The van der Waals surface area contributed by atoms with E-state index in [1.807, 2.05) is 0 Å². The molecule has 0 N–H and O–H groups in total. The van der Waals surface area contributed by atoms with Crippen LogP contribution in [0.15, 0.2) is 24.3 Å². The summed E-state index contributed by atoms with van der Waals surface area (Å²) in [6, 6.07) is 5.07. The summed E-state index contributed by atoms with van der Waals surface area (Å²) < 4.78 is 39.5. The maximum atomic E-state index is 11.9. The number of carbonyl (C=O) groups is 1. The van der Waals surface area contributed by atoms with Crippen molar-refractivity contribution in [2.45, 2.75) is 32.0 Å². The van der Waals surface area contributed by atoms with Gasteiger partial charge in [-0.05, 0) is 36.6 Å². The van der Waals surface area contributed by atoms with Crippen LogP contribution in [-0.2, 0) is 0 Å². The van der Waals surface area contributed by atoms with Crippen molar-refractivity contribution in [3.63, 3.8) is 0 Å². The molecule has 0 aliphatic heterocycles. The van der Waals surface area contributed by atoms with Crippen molar-refractivity contribution in [2.24, 2.45) is 5.92 Å². The SMILES string of the molecule is O=C(CCC1CC1)c1ccc(OC(F)(F)F)cc1. The fourth-order valence-corrected chi connectivity index (χ4v) is 1.73. The van der Waals surface area contributed by atoms with Crippen LogP contribution < -0.4 is 4.74 Å². The second-order valence-corrected chi connectivity index (χ2v) is 4.48. The number of halogens is 3. The monoisotopic (exact) mass is 258 g/mol. The molecule has 1 aliphatic rings. The van der Waals surface area contributed by atoms with Gasteiger partial charge in [0.1, 0.15) is 5.75 Å². The third-order valence-electron chi connectivity index (χ3n) is 2.89. The number of Topliss-reactive ketones (excluding diaryl/α,β-unsaturated/α-hetero) is 1. The fourth-order valence-electron chi connectivity index (χ4n) is 1.73. The van der Waals surface area contributed by atoms with E-state index in [1.165, 1.54) is 25.0 Å². The molecule has 0 amide bonds. The molecule has 1 saturated carbocycles. The molecule has 0 heterocycles. The first-order valence-corrected chi connectivity index (χ1v) is 5.83. The molecular weight excluding hydrogens is 245 g/mol. The molecule has 0 saturated heterocycles. The number of ketones is 1. The van der Waals surface area contributed by atoms with Gasteiger partial charge in [0.25, 0.3) is 0 Å². The third-order valence-corrected chi connectivity index (χ3v) is 2.89. The molecule has 0 radical (unpaired) electrons. The average molecular weight is 258 g/mol. The Morgan fingerprint density at radius 2 is 1.83 bits per heavy atom. The molecule has 5 heteroatoms. The quantitative estimate of drug-likeness (QED) is 0.747. The van der Waals surface area contributed by atoms with Gasteiger partial charge in [-0.1, -0.05) is 12.8 Å². The number of hydrogen-bond donors (Lipinski definition) is 0. The Hall–Kier alpha value is -1.52. The van der Waals surface area contributed by atoms with E-state index in [2.05, 4.69) is 4.74 Å². The lowest BCUT2D eigenvalue weighted by molar-refractivity contribution is -0.274. The lowest BCUT2D eigenvalue weighted by Gasteiger charge is -2.08. The van der Waals surface area contributed by atoms with Crippen LogP contribution in [0.1, 0.15) is 36.0 Å². The van der Waals surface area contributed by atoms with E-state index in [-0.39, 0.29) is 11.5 Å². The molecule has 98 valence electrons. The highest BCUT2D eigenvalue weighted by atomic mass is 19.4. The van der Waals surface area contributed by atoms with Crippen molar-refractivity contribution in [3.8, 4) is 5.75 Å². The molecule has 2 nitrogen and oxygen atoms in total. The minimum absolute atomic E-state index is 0.0274. The Morgan fingerprint density at radius 1 is 1.22 bits per heavy atom. The van der Waals surface area contributed by atoms with Crippen molar-refractivity contribution in [3.05, 3.63) is 29.8 Å². The van der Waals surface area contributed by atoms with Gasteiger partial charge in [0.2, 0.25) is 0 Å². The maximum absolute atomic E-state index is 11.9. The summed E-state index contributed by atoms with van der Waals surface area (Å²) in [6.07, 6.45) is -0.988. The van der Waals surface area contributed by atoms with Gasteiger partial charge < -0.3 is 4.74 Å². The predicted molar refractivity (Wildman–Crippen MR) is 59.4 cm³/mol. The highest BCUT2D eigenvalue weighted by molar-refractivity contribution is 5.96. The summed E-state index contributed by atoms with van der Waals surface area (Å²) in [6.45, 7) is 0. The Labute approximate surface area is 103 Å². The molecule has 18 heavy (non-hydrogen) atoms. The van der Waals surface area contributed by atoms with Crippen molar-refractivity contribution >= 4 is 5.78 Å². The summed E-state index contributed by atoms with van der Waals surface area (Å²) in [5.41, 5.74) is 0.435. The molecule has 1 aromatic carbocycles. The van der Waals surface area contributed by atoms with Crippen LogP contribution >= 0.6 is 0 Å². The minimum Gasteiger partial charge on any atom is -0.406 e. The molecule has 0 unspecified atom stereocenters. The number of carbonyl (C=O) groups excluding carboxylic acids is 1. The minimum atomic E-state index is -4.70. The maximum Gasteiger partial charge on any atom is 0.573 e. The van der Waals surface area contributed by atoms with Crippen LogP contribution in [0, 0.1) is 5.92 Å². The zero-order valence-corrected chi connectivity index (χ0v) is 9.67. The molecule has 0 bridgehead atoms. The summed E-state index contributed by atoms with van der Waals surface area (Å²) in [5, 5.41) is 0. The number of ether oxygens (including phenoxy) is 1. The second-order valence-electron chi connectivity index (χ2n) is 4.48. The van der Waals surface area contributed by atoms with E-state index in [1.54, 1.807) is 0 Å². The van der Waals surface area contributed by atoms with E-state index >= 15 is 0 Å². The van der Waals surface area contributed by atoms with Crippen LogP contribution in [0.2, 0.25) is 0 Å². The first kappa shape index (κ1) is 12.9. The van der Waals surface area contributed by atoms with Crippen molar-refractivity contribution in [1.29, 1.82) is 0 Å². The molecule has 2 rings (SSSR count). The zero-order chi connectivity index (χ0) is 13.2. The highest BCUT2D eigenvalue weighted by Crippen LogP contribution is 2.34. The standard InChI is InChI=1S/C13H13F3O2/c14-13(15,16)18-11-6-4-10(5-7-11)12(17)8-3-9-1-2-9/h4-7,9H,1-3,8H2. The molecule has 1 aromatic rings. The Bertz CT molecular complexity index is 419. The smallest absolute Gasteiger partial charge is 0.406 e. The lowest BCUT2D eigenvalue weighted by atomic mass is 10.1. The van der Waals surface area contributed by atoms with E-state index in [0.717, 1.165) is 18.6 Å². The summed E-state index contributed by atoms with van der Waals surface area (Å²) in [5.74, 6) is 0.337. The van der Waals surface area contributed by atoms with Crippen LogP contribution in [0.4, 0.5) is 13.2 Å². The second kappa shape index (κ2) is 5.00. The van der Waals surface area contributed by atoms with Gasteiger partial charge in [0.05, 0.1) is 0 Å². The first-order chi connectivity index (χ1) is 8.44. The van der Waals surface area contributed by atoms with E-state index < -0.39 is 6.36 Å². The average Bonchev–Trinajstić information content (AvgIpc) is 3.08. The molecule has 0 atom stereocenters. The van der Waals surface area contributed by atoms with E-state index in [9.17, 15) is 18.0 Å². The van der Waals surface area contributed by atoms with Crippen molar-refractivity contribution < 1.29 is 22.7 Å². The van der Waals surface area contributed by atoms with E-state index in [4.69, 9.17) is 0 Å². The number of benzene rings is 1. The summed E-state index contributed by atoms with van der Waals surface area (Å²) in [4.78, 5) is 11.7. The first-order valence-electron chi connectivity index (χ1n) is 5.83. The van der Waals surface area contributed by atoms with Crippen LogP contribution in [0.25, 0.3) is 0 Å². The number of hydrogen-bond acceptors (Lipinski definition) is 2. The molecule has 0 aromatic heterocycles. The Kier molecular flexibility index (Phi) is 3.59. The molecule has 1 fully saturated rings. The van der Waals surface area contributed by atoms with Gasteiger partial charge in [-0.15, -0.1) is 13.2 Å². The van der Waals surface area contributed by atoms with Gasteiger partial charge in [0, 0.05) is 12.0 Å². The van der Waals surface area contributed by atoms with Gasteiger partial charge in [-0.25, -0.2) is 0 Å². The number of rotatable bonds is 5. The normalized spacial score (nSPS) is 15.5. The third kappa shape index (κ3) is 4.05. The number of alkyl halides is 3. The van der Waals surface area contributed by atoms with Gasteiger partial charge in [0.15, 0.2) is 5.78 Å². The fraction of sp³-hybridized carbons (Fsp3) is 0.462. The summed E-state index contributed by atoms with van der Waals surface area (Å²) in [7, 11) is 0. The summed E-state index contributed by atoms with van der Waals surface area (Å²) >= 11 is 0. The van der Waals surface area contributed by atoms with E-state index in [0.29, 0.717) is 17.9 Å². The van der Waals surface area contributed by atoms with Crippen molar-refractivity contribution in [1.82, 2.24) is 0 Å². The lowest BCUT2D eigenvalue weighted by Crippen LogP contribution is -2.17. The van der Waals surface area contributed by atoms with Crippen molar-refractivity contribution in [2.75, 3.05) is 0 Å². The van der Waals surface area contributed by atoms with Gasteiger partial charge >= 0.3 is 6.36 Å². The zero-order valence-electron chi connectivity index (χ0n) is 9.67. The van der Waals surface area contributed by atoms with Crippen LogP contribution in [0.3, 0.4) is 0 Å². The largest absolute Gasteiger partial charge is 0.573 e. The van der Waals surface area contributed by atoms with Crippen LogP contribution in [-0.4, -0.2) is 12.1 Å².